The van der Waals surface area contributed by atoms with E-state index in [4.69, 9.17) is 11.6 Å². The van der Waals surface area contributed by atoms with Crippen LogP contribution in [0.1, 0.15) is 30.2 Å². The van der Waals surface area contributed by atoms with Gasteiger partial charge in [0.25, 0.3) is 5.69 Å². The standard InChI is InChI=1S/C16H17ClN2O3/c1-11(12-4-8-15(9-5-12)19(21)22)18-10-16(20)13-2-6-14(17)7-3-13/h2-9,11,16,18,20H,10H2,1H3. The Labute approximate surface area is 133 Å². The second-order valence-electron chi connectivity index (χ2n) is 5.05. The molecule has 22 heavy (non-hydrogen) atoms. The largest absolute Gasteiger partial charge is 0.387 e. The molecular weight excluding hydrogens is 304 g/mol. The number of aliphatic hydroxyl groups is 1. The Morgan fingerprint density at radius 1 is 1.14 bits per heavy atom. The van der Waals surface area contributed by atoms with Gasteiger partial charge in [0.15, 0.2) is 0 Å². The molecule has 0 saturated carbocycles. The summed E-state index contributed by atoms with van der Waals surface area (Å²) in [5.74, 6) is 0. The van der Waals surface area contributed by atoms with Crippen LogP contribution in [0.5, 0.6) is 0 Å². The lowest BCUT2D eigenvalue weighted by Crippen LogP contribution is -2.24. The van der Waals surface area contributed by atoms with E-state index < -0.39 is 11.0 Å². The van der Waals surface area contributed by atoms with Crippen molar-refractivity contribution < 1.29 is 10.0 Å². The number of benzene rings is 2. The fourth-order valence-corrected chi connectivity index (χ4v) is 2.22. The van der Waals surface area contributed by atoms with Gasteiger partial charge in [0.1, 0.15) is 0 Å². The molecule has 0 aliphatic heterocycles. The van der Waals surface area contributed by atoms with Crippen molar-refractivity contribution in [1.82, 2.24) is 5.32 Å². The molecule has 2 aromatic rings. The van der Waals surface area contributed by atoms with E-state index in [0.717, 1.165) is 11.1 Å². The van der Waals surface area contributed by atoms with Crippen molar-refractivity contribution in [3.05, 3.63) is 74.8 Å². The zero-order chi connectivity index (χ0) is 16.1. The van der Waals surface area contributed by atoms with Crippen LogP contribution in [0.2, 0.25) is 5.02 Å². The van der Waals surface area contributed by atoms with Crippen LogP contribution < -0.4 is 5.32 Å². The number of halogens is 1. The predicted molar refractivity (Wildman–Crippen MR) is 85.9 cm³/mol. The molecule has 0 radical (unpaired) electrons. The van der Waals surface area contributed by atoms with E-state index in [1.54, 1.807) is 36.4 Å². The summed E-state index contributed by atoms with van der Waals surface area (Å²) in [5, 5.41) is 24.6. The highest BCUT2D eigenvalue weighted by molar-refractivity contribution is 6.30. The second kappa shape index (κ2) is 7.35. The van der Waals surface area contributed by atoms with Crippen molar-refractivity contribution in [2.75, 3.05) is 6.54 Å². The second-order valence-corrected chi connectivity index (χ2v) is 5.48. The first kappa shape index (κ1) is 16.4. The molecule has 2 N–H and O–H groups in total. The monoisotopic (exact) mass is 320 g/mol. The van der Waals surface area contributed by atoms with Gasteiger partial charge in [-0.2, -0.15) is 0 Å². The van der Waals surface area contributed by atoms with Gasteiger partial charge >= 0.3 is 0 Å². The van der Waals surface area contributed by atoms with E-state index in [0.29, 0.717) is 11.6 Å². The van der Waals surface area contributed by atoms with Crippen LogP contribution in [0.15, 0.2) is 48.5 Å². The third kappa shape index (κ3) is 4.27. The maximum atomic E-state index is 10.6. The van der Waals surface area contributed by atoms with Crippen molar-refractivity contribution in [2.24, 2.45) is 0 Å². The van der Waals surface area contributed by atoms with E-state index in [1.807, 2.05) is 6.92 Å². The molecule has 5 nitrogen and oxygen atoms in total. The van der Waals surface area contributed by atoms with Gasteiger partial charge in [0, 0.05) is 29.7 Å². The van der Waals surface area contributed by atoms with Gasteiger partial charge in [-0.25, -0.2) is 0 Å². The first-order valence-corrected chi connectivity index (χ1v) is 7.26. The number of nitro groups is 1. The Morgan fingerprint density at radius 2 is 1.68 bits per heavy atom. The molecule has 0 fully saturated rings. The first-order valence-electron chi connectivity index (χ1n) is 6.88. The minimum Gasteiger partial charge on any atom is -0.387 e. The minimum absolute atomic E-state index is 0.0252. The highest BCUT2D eigenvalue weighted by Gasteiger charge is 2.12. The molecule has 2 atom stereocenters. The minimum atomic E-state index is -0.641. The van der Waals surface area contributed by atoms with Crippen molar-refractivity contribution in [3.63, 3.8) is 0 Å². The maximum Gasteiger partial charge on any atom is 0.269 e. The molecular formula is C16H17ClN2O3. The van der Waals surface area contributed by atoms with Crippen molar-refractivity contribution in [1.29, 1.82) is 0 Å². The fourth-order valence-electron chi connectivity index (χ4n) is 2.09. The number of nitrogens with zero attached hydrogens (tertiary/aromatic N) is 1. The summed E-state index contributed by atoms with van der Waals surface area (Å²) in [5.41, 5.74) is 1.78. The topological polar surface area (TPSA) is 75.4 Å². The lowest BCUT2D eigenvalue weighted by atomic mass is 10.1. The zero-order valence-electron chi connectivity index (χ0n) is 12.1. The predicted octanol–water partition coefficient (Wildman–Crippen LogP) is 3.63. The first-order chi connectivity index (χ1) is 10.5. The van der Waals surface area contributed by atoms with Gasteiger partial charge in [0.05, 0.1) is 11.0 Å². The molecule has 116 valence electrons. The lowest BCUT2D eigenvalue weighted by Gasteiger charge is -2.17. The molecule has 0 saturated heterocycles. The molecule has 0 amide bonds. The van der Waals surface area contributed by atoms with Crippen LogP contribution in [0.4, 0.5) is 5.69 Å². The molecule has 2 unspecified atom stereocenters. The van der Waals surface area contributed by atoms with Gasteiger partial charge < -0.3 is 10.4 Å². The molecule has 0 aromatic heterocycles. The smallest absolute Gasteiger partial charge is 0.269 e. The van der Waals surface area contributed by atoms with Gasteiger partial charge in [-0.05, 0) is 30.2 Å². The van der Waals surface area contributed by atoms with Crippen molar-refractivity contribution in [3.8, 4) is 0 Å². The molecule has 0 aliphatic carbocycles. The van der Waals surface area contributed by atoms with Crippen LogP contribution >= 0.6 is 11.6 Å². The summed E-state index contributed by atoms with van der Waals surface area (Å²) in [4.78, 5) is 10.2. The normalized spacial score (nSPS) is 13.6. The fraction of sp³-hybridized carbons (Fsp3) is 0.250. The average Bonchev–Trinajstić information content (AvgIpc) is 2.53. The number of aliphatic hydroxyl groups excluding tert-OH is 1. The summed E-state index contributed by atoms with van der Waals surface area (Å²) in [7, 11) is 0. The number of non-ortho nitro benzene ring substituents is 1. The summed E-state index contributed by atoms with van der Waals surface area (Å²) in [6, 6.07) is 13.4. The Hall–Kier alpha value is -1.95. The molecule has 6 heteroatoms. The Kier molecular flexibility index (Phi) is 5.49. The Balaban J connectivity index is 1.92. The number of nitro benzene ring substituents is 1. The number of hydrogen-bond acceptors (Lipinski definition) is 4. The summed E-state index contributed by atoms with van der Waals surface area (Å²) in [6.45, 7) is 2.32. The summed E-state index contributed by atoms with van der Waals surface area (Å²) in [6.07, 6.45) is -0.641. The molecule has 2 aromatic carbocycles. The SMILES string of the molecule is CC(NCC(O)c1ccc(Cl)cc1)c1ccc([N+](=O)[O-])cc1. The third-order valence-corrected chi connectivity index (χ3v) is 3.73. The number of nitrogens with one attached hydrogen (secondary N) is 1. The lowest BCUT2D eigenvalue weighted by molar-refractivity contribution is -0.384. The van der Waals surface area contributed by atoms with Crippen LogP contribution in [0, 0.1) is 10.1 Å². The van der Waals surface area contributed by atoms with Gasteiger partial charge in [-0.15, -0.1) is 0 Å². The molecule has 0 bridgehead atoms. The van der Waals surface area contributed by atoms with E-state index >= 15 is 0 Å². The average molecular weight is 321 g/mol. The molecule has 0 aliphatic rings. The number of hydrogen-bond donors (Lipinski definition) is 2. The van der Waals surface area contributed by atoms with E-state index in [9.17, 15) is 15.2 Å². The third-order valence-electron chi connectivity index (χ3n) is 3.48. The highest BCUT2D eigenvalue weighted by atomic mass is 35.5. The van der Waals surface area contributed by atoms with Crippen LogP contribution in [0.25, 0.3) is 0 Å². The van der Waals surface area contributed by atoms with Gasteiger partial charge in [0.2, 0.25) is 0 Å². The van der Waals surface area contributed by atoms with E-state index in [-0.39, 0.29) is 11.7 Å². The van der Waals surface area contributed by atoms with Crippen LogP contribution in [-0.4, -0.2) is 16.6 Å². The Morgan fingerprint density at radius 3 is 2.23 bits per heavy atom. The van der Waals surface area contributed by atoms with Gasteiger partial charge in [-0.3, -0.25) is 10.1 Å². The summed E-state index contributed by atoms with van der Waals surface area (Å²) >= 11 is 5.81. The molecule has 0 heterocycles. The van der Waals surface area contributed by atoms with Crippen molar-refractivity contribution in [2.45, 2.75) is 19.1 Å². The van der Waals surface area contributed by atoms with Crippen LogP contribution in [-0.2, 0) is 0 Å². The van der Waals surface area contributed by atoms with Crippen LogP contribution in [0.3, 0.4) is 0 Å². The molecule has 0 spiro atoms. The highest BCUT2D eigenvalue weighted by Crippen LogP contribution is 2.19. The van der Waals surface area contributed by atoms with E-state index in [2.05, 4.69) is 5.32 Å². The summed E-state index contributed by atoms with van der Waals surface area (Å²) < 4.78 is 0. The van der Waals surface area contributed by atoms with E-state index in [1.165, 1.54) is 12.1 Å². The zero-order valence-corrected chi connectivity index (χ0v) is 12.8. The van der Waals surface area contributed by atoms with Crippen molar-refractivity contribution >= 4 is 17.3 Å². The molecule has 2 rings (SSSR count). The number of rotatable bonds is 6. The van der Waals surface area contributed by atoms with Gasteiger partial charge in [-0.1, -0.05) is 35.9 Å². The Bertz CT molecular complexity index is 629. The quantitative estimate of drug-likeness (QED) is 0.629. The maximum absolute atomic E-state index is 10.6.